The Bertz CT molecular complexity index is 1910. The second-order valence-electron chi connectivity index (χ2n) is 10.6. The maximum atomic E-state index is 10.3. The molecule has 0 amide bonds. The van der Waals surface area contributed by atoms with E-state index in [2.05, 4.69) is 49.7 Å². The summed E-state index contributed by atoms with van der Waals surface area (Å²) in [5, 5.41) is 11.1. The largest absolute Gasteiger partial charge is 0.506 e. The number of pyridine rings is 1. The van der Waals surface area contributed by atoms with E-state index in [-0.39, 0.29) is 32.9 Å². The first kappa shape index (κ1) is 24.8. The van der Waals surface area contributed by atoms with Gasteiger partial charge in [0, 0.05) is 46.7 Å². The van der Waals surface area contributed by atoms with Crippen LogP contribution in [-0.2, 0) is 27.4 Å². The van der Waals surface area contributed by atoms with Crippen LogP contribution in [0.1, 0.15) is 47.7 Å². The standard InChI is InChI=1S/C35H30N3O2.Pt/c1-20-17-21(2)23(4)33(22(20)3)38-34-28-13-6-5-9-25(28)19-29(34)36-35(38)26-11-7-12-27(18-26)40-31-16-15-24-10-8-14-30(39)32(24)37-31;/h5-17,29,34,39H,19H2,1-4H3;/q-1;/t29-,34+;/m0./s1/i19D2;. The van der Waals surface area contributed by atoms with Gasteiger partial charge in [-0.1, -0.05) is 48.5 Å². The number of benzene rings is 4. The molecule has 4 aromatic carbocycles. The molecule has 2 heterocycles. The van der Waals surface area contributed by atoms with Crippen LogP contribution >= 0.6 is 0 Å². The molecule has 0 radical (unpaired) electrons. The summed E-state index contributed by atoms with van der Waals surface area (Å²) in [6, 6.07) is 27.0. The molecule has 1 aliphatic heterocycles. The molecule has 1 N–H and O–H groups in total. The monoisotopic (exact) mass is 721 g/mol. The van der Waals surface area contributed by atoms with Gasteiger partial charge in [-0.3, -0.25) is 0 Å². The number of aromatic nitrogens is 1. The summed E-state index contributed by atoms with van der Waals surface area (Å²) in [4.78, 5) is 11.9. The van der Waals surface area contributed by atoms with Crippen molar-refractivity contribution in [1.82, 2.24) is 4.98 Å². The van der Waals surface area contributed by atoms with Crippen molar-refractivity contribution in [2.75, 3.05) is 4.90 Å². The molecule has 0 spiro atoms. The number of phenolic OH excluding ortho intramolecular Hbond substituents is 1. The molecule has 0 bridgehead atoms. The van der Waals surface area contributed by atoms with Gasteiger partial charge in [-0.15, -0.1) is 23.8 Å². The molecule has 2 aliphatic rings. The van der Waals surface area contributed by atoms with E-state index in [9.17, 15) is 5.11 Å². The molecule has 6 heteroatoms. The number of para-hydroxylation sites is 1. The Labute approximate surface area is 257 Å². The maximum absolute atomic E-state index is 10.3. The molecule has 5 nitrogen and oxygen atoms in total. The van der Waals surface area contributed by atoms with Gasteiger partial charge in [0.25, 0.3) is 0 Å². The minimum Gasteiger partial charge on any atom is -0.506 e. The van der Waals surface area contributed by atoms with Gasteiger partial charge < -0.3 is 19.7 Å². The van der Waals surface area contributed by atoms with E-state index >= 15 is 0 Å². The summed E-state index contributed by atoms with van der Waals surface area (Å²) in [5.74, 6) is 1.54. The predicted molar refractivity (Wildman–Crippen MR) is 160 cm³/mol. The van der Waals surface area contributed by atoms with Crippen LogP contribution in [0.25, 0.3) is 10.9 Å². The van der Waals surface area contributed by atoms with Crippen molar-refractivity contribution in [3.63, 3.8) is 0 Å². The number of aryl methyl sites for hydroxylation is 2. The van der Waals surface area contributed by atoms with Gasteiger partial charge in [0.1, 0.15) is 11.3 Å². The predicted octanol–water partition coefficient (Wildman–Crippen LogP) is 7.70. The second-order valence-corrected chi connectivity index (χ2v) is 10.6. The number of nitrogens with zero attached hydrogens (tertiary/aromatic N) is 3. The smallest absolute Gasteiger partial charge is 0.217 e. The topological polar surface area (TPSA) is 58.0 Å². The summed E-state index contributed by atoms with van der Waals surface area (Å²) in [5.41, 5.74) is 8.51. The van der Waals surface area contributed by atoms with Gasteiger partial charge in [-0.2, -0.15) is 0 Å². The molecule has 0 saturated carbocycles. The third-order valence-electron chi connectivity index (χ3n) is 8.11. The zero-order valence-corrected chi connectivity index (χ0v) is 25.4. The Hall–Kier alpha value is -3.95. The van der Waals surface area contributed by atoms with Crippen molar-refractivity contribution in [2.45, 2.75) is 46.2 Å². The van der Waals surface area contributed by atoms with Gasteiger partial charge in [-0.25, -0.2) is 4.98 Å². The van der Waals surface area contributed by atoms with E-state index < -0.39 is 12.4 Å². The Balaban J connectivity index is 0.00000329. The molecule has 2 atom stereocenters. The molecule has 1 aliphatic carbocycles. The Morgan fingerprint density at radius 1 is 0.927 bits per heavy atom. The summed E-state index contributed by atoms with van der Waals surface area (Å²) in [6.45, 7) is 8.49. The van der Waals surface area contributed by atoms with Crippen molar-refractivity contribution in [1.29, 1.82) is 0 Å². The number of fused-ring (bicyclic) bond motifs is 4. The van der Waals surface area contributed by atoms with Gasteiger partial charge in [0.2, 0.25) is 5.88 Å². The number of aliphatic imine (C=N–C) groups is 1. The van der Waals surface area contributed by atoms with Crippen molar-refractivity contribution in [3.8, 4) is 17.4 Å². The van der Waals surface area contributed by atoms with Crippen LogP contribution in [-0.4, -0.2) is 22.0 Å². The van der Waals surface area contributed by atoms with Crippen molar-refractivity contribution < 1.29 is 33.7 Å². The van der Waals surface area contributed by atoms with Crippen molar-refractivity contribution >= 4 is 22.4 Å². The van der Waals surface area contributed by atoms with Gasteiger partial charge in [-0.05, 0) is 79.6 Å². The minimum absolute atomic E-state index is 0. The van der Waals surface area contributed by atoms with Crippen LogP contribution in [0.4, 0.5) is 5.69 Å². The van der Waals surface area contributed by atoms with E-state index in [0.717, 1.165) is 27.8 Å². The van der Waals surface area contributed by atoms with Crippen LogP contribution < -0.4 is 9.64 Å². The third kappa shape index (κ3) is 4.53. The van der Waals surface area contributed by atoms with Crippen LogP contribution in [0.5, 0.6) is 17.4 Å². The Morgan fingerprint density at radius 3 is 2.49 bits per heavy atom. The Morgan fingerprint density at radius 2 is 1.68 bits per heavy atom. The van der Waals surface area contributed by atoms with E-state index in [1.807, 2.05) is 54.6 Å². The Kier molecular flexibility index (Phi) is 6.33. The first-order valence-corrected chi connectivity index (χ1v) is 13.5. The number of hydrogen-bond acceptors (Lipinski definition) is 5. The number of ether oxygens (including phenoxy) is 1. The van der Waals surface area contributed by atoms with Crippen molar-refractivity contribution in [2.24, 2.45) is 4.99 Å². The molecular formula is C35H30N3O2Pt-. The van der Waals surface area contributed by atoms with Crippen LogP contribution in [0.2, 0.25) is 0 Å². The first-order chi connectivity index (χ1) is 20.1. The quantitative estimate of drug-likeness (QED) is 0.194. The molecule has 7 rings (SSSR count). The maximum Gasteiger partial charge on any atom is 0.217 e. The second kappa shape index (κ2) is 10.5. The molecule has 208 valence electrons. The molecular weight excluding hydrogens is 689 g/mol. The summed E-state index contributed by atoms with van der Waals surface area (Å²) < 4.78 is 24.4. The summed E-state index contributed by atoms with van der Waals surface area (Å²) >= 11 is 0. The molecule has 0 unspecified atom stereocenters. The fourth-order valence-corrected chi connectivity index (χ4v) is 5.93. The molecule has 0 fully saturated rings. The third-order valence-corrected chi connectivity index (χ3v) is 8.11. The number of rotatable bonds is 4. The molecule has 0 saturated heterocycles. The zero-order valence-electron chi connectivity index (χ0n) is 25.2. The van der Waals surface area contributed by atoms with Gasteiger partial charge in [0.15, 0.2) is 0 Å². The number of amidine groups is 1. The molecule has 5 aromatic rings. The van der Waals surface area contributed by atoms with Crippen LogP contribution in [0, 0.1) is 33.8 Å². The normalized spacial score (nSPS) is 19.1. The average molecular weight is 722 g/mol. The van der Waals surface area contributed by atoms with E-state index in [4.69, 9.17) is 12.5 Å². The zero-order chi connectivity index (χ0) is 29.3. The number of phenols is 1. The summed E-state index contributed by atoms with van der Waals surface area (Å²) in [7, 11) is 0. The number of hydrogen-bond donors (Lipinski definition) is 1. The first-order valence-electron chi connectivity index (χ1n) is 14.5. The van der Waals surface area contributed by atoms with Crippen LogP contribution in [0.15, 0.2) is 83.9 Å². The van der Waals surface area contributed by atoms with E-state index in [1.54, 1.807) is 18.2 Å². The fraction of sp³-hybridized carbons (Fsp3) is 0.200. The molecule has 41 heavy (non-hydrogen) atoms. The minimum atomic E-state index is -1.63. The van der Waals surface area contributed by atoms with Gasteiger partial charge >= 0.3 is 0 Å². The number of anilines is 1. The molecule has 1 aromatic heterocycles. The fourth-order valence-electron chi connectivity index (χ4n) is 5.93. The average Bonchev–Trinajstić information content (AvgIpc) is 3.47. The van der Waals surface area contributed by atoms with E-state index in [1.165, 1.54) is 11.1 Å². The van der Waals surface area contributed by atoms with Gasteiger partial charge in [0.05, 0.1) is 17.9 Å². The van der Waals surface area contributed by atoms with E-state index in [0.29, 0.717) is 34.1 Å². The van der Waals surface area contributed by atoms with Crippen LogP contribution in [0.3, 0.4) is 0 Å². The van der Waals surface area contributed by atoms with Crippen molar-refractivity contribution in [3.05, 3.63) is 124 Å². The summed E-state index contributed by atoms with van der Waals surface area (Å²) in [6.07, 6.45) is -1.63. The SMILES string of the molecule is [2H]C1([2H])c2ccccc2[C@@H]2[C@H]1N=C(c1[c-]c(Oc3ccc4cccc(O)c4n3)ccc1)N2c1c(C)c(C)cc(C)c1C.[Pt]. The number of aromatic hydroxyl groups is 1.